The van der Waals surface area contributed by atoms with Gasteiger partial charge < -0.3 is 15.8 Å². The number of pyridine rings is 1. The van der Waals surface area contributed by atoms with Crippen molar-refractivity contribution in [2.45, 2.75) is 11.4 Å². The van der Waals surface area contributed by atoms with Crippen LogP contribution in [0.25, 0.3) is 21.3 Å². The molecule has 0 fully saturated rings. The second-order valence-corrected chi connectivity index (χ2v) is 9.13. The molecule has 0 bridgehead atoms. The summed E-state index contributed by atoms with van der Waals surface area (Å²) in [5, 5.41) is 23.1. The minimum absolute atomic E-state index is 0.0530. The molecule has 0 aliphatic heterocycles. The molecule has 0 aliphatic carbocycles. The van der Waals surface area contributed by atoms with Crippen LogP contribution in [0.2, 0.25) is 0 Å². The number of hydrogen-bond acceptors (Lipinski definition) is 9. The first kappa shape index (κ1) is 23.1. The number of hydrogen-bond donors (Lipinski definition) is 2. The quantitative estimate of drug-likeness (QED) is 0.355. The van der Waals surface area contributed by atoms with Gasteiger partial charge in [0.1, 0.15) is 34.3 Å². The summed E-state index contributed by atoms with van der Waals surface area (Å²) in [7, 11) is 1.60. The number of fused-ring (bicyclic) bond motifs is 1. The largest absolute Gasteiger partial charge is 0.497 e. The van der Waals surface area contributed by atoms with Crippen LogP contribution in [0.3, 0.4) is 0 Å². The van der Waals surface area contributed by atoms with Gasteiger partial charge in [-0.25, -0.2) is 9.97 Å². The summed E-state index contributed by atoms with van der Waals surface area (Å²) >= 11 is 2.61. The number of anilines is 2. The predicted octanol–water partition coefficient (Wildman–Crippen LogP) is 4.81. The van der Waals surface area contributed by atoms with E-state index in [1.165, 1.54) is 23.1 Å². The molecule has 0 saturated carbocycles. The molecule has 4 aromatic rings. The van der Waals surface area contributed by atoms with Gasteiger partial charge in [0, 0.05) is 17.7 Å². The first-order valence-electron chi connectivity index (χ1n) is 10.1. The van der Waals surface area contributed by atoms with E-state index in [4.69, 9.17) is 10.5 Å². The van der Waals surface area contributed by atoms with Gasteiger partial charge in [-0.05, 0) is 23.8 Å². The molecule has 0 spiro atoms. The van der Waals surface area contributed by atoms with Crippen molar-refractivity contribution in [3.63, 3.8) is 0 Å². The van der Waals surface area contributed by atoms with E-state index >= 15 is 0 Å². The molecule has 34 heavy (non-hydrogen) atoms. The topological polar surface area (TPSA) is 138 Å². The fraction of sp³-hybridized carbons (Fsp3) is 0.125. The molecule has 2 aromatic heterocycles. The highest BCUT2D eigenvalue weighted by Gasteiger charge is 2.20. The second-order valence-electron chi connectivity index (χ2n) is 7.02. The molecule has 0 radical (unpaired) electrons. The summed E-state index contributed by atoms with van der Waals surface area (Å²) in [6.45, 7) is 0. The van der Waals surface area contributed by atoms with E-state index < -0.39 is 0 Å². The minimum atomic E-state index is -0.207. The lowest BCUT2D eigenvalue weighted by Gasteiger charge is -2.12. The Morgan fingerprint density at radius 3 is 2.62 bits per heavy atom. The summed E-state index contributed by atoms with van der Waals surface area (Å²) in [6.07, 6.45) is 0.178. The van der Waals surface area contributed by atoms with Gasteiger partial charge in [0.15, 0.2) is 5.13 Å². The molecular formula is C24H18N6O2S2. The highest BCUT2D eigenvalue weighted by atomic mass is 32.2. The van der Waals surface area contributed by atoms with Crippen LogP contribution in [-0.4, -0.2) is 28.7 Å². The number of carbonyl (C=O) groups excluding carboxylic acids is 1. The number of nitrogens with zero attached hydrogens (tertiary/aromatic N) is 4. The Bertz CT molecular complexity index is 1450. The Kier molecular flexibility index (Phi) is 6.93. The number of thiazole rings is 1. The highest BCUT2D eigenvalue weighted by molar-refractivity contribution is 7.99. The van der Waals surface area contributed by atoms with Crippen molar-refractivity contribution in [2.24, 2.45) is 0 Å². The van der Waals surface area contributed by atoms with Crippen molar-refractivity contribution in [3.05, 3.63) is 59.7 Å². The molecule has 8 nitrogen and oxygen atoms in total. The number of carbonyl (C=O) groups is 1. The summed E-state index contributed by atoms with van der Waals surface area (Å²) in [5.74, 6) is 0.938. The van der Waals surface area contributed by atoms with Gasteiger partial charge in [0.2, 0.25) is 5.91 Å². The summed E-state index contributed by atoms with van der Waals surface area (Å²) in [5.41, 5.74) is 8.40. The predicted molar refractivity (Wildman–Crippen MR) is 134 cm³/mol. The zero-order chi connectivity index (χ0) is 24.1. The molecule has 0 aliphatic rings. The average molecular weight is 487 g/mol. The van der Waals surface area contributed by atoms with Gasteiger partial charge in [-0.1, -0.05) is 41.7 Å². The lowest BCUT2D eigenvalue weighted by molar-refractivity contribution is -0.115. The monoisotopic (exact) mass is 486 g/mol. The summed E-state index contributed by atoms with van der Waals surface area (Å²) in [6, 6.07) is 18.9. The number of nitrogens with one attached hydrogen (secondary N) is 1. The Morgan fingerprint density at radius 1 is 1.15 bits per heavy atom. The van der Waals surface area contributed by atoms with E-state index in [2.05, 4.69) is 27.4 Å². The van der Waals surface area contributed by atoms with Crippen LogP contribution in [0.5, 0.6) is 5.75 Å². The van der Waals surface area contributed by atoms with E-state index in [9.17, 15) is 15.3 Å². The van der Waals surface area contributed by atoms with E-state index in [0.717, 1.165) is 16.0 Å². The van der Waals surface area contributed by atoms with Crippen LogP contribution in [0.15, 0.2) is 53.6 Å². The zero-order valence-electron chi connectivity index (χ0n) is 18.0. The summed E-state index contributed by atoms with van der Waals surface area (Å²) < 4.78 is 6.13. The van der Waals surface area contributed by atoms with Gasteiger partial charge in [-0.15, -0.1) is 11.8 Å². The number of nitrogens with two attached hydrogens (primary N) is 1. The van der Waals surface area contributed by atoms with Crippen molar-refractivity contribution in [1.82, 2.24) is 9.97 Å². The molecule has 168 valence electrons. The van der Waals surface area contributed by atoms with Crippen LogP contribution >= 0.6 is 23.1 Å². The third-order valence-electron chi connectivity index (χ3n) is 4.89. The van der Waals surface area contributed by atoms with Gasteiger partial charge in [-0.2, -0.15) is 10.5 Å². The van der Waals surface area contributed by atoms with Crippen molar-refractivity contribution in [2.75, 3.05) is 23.9 Å². The first-order chi connectivity index (χ1) is 16.5. The number of rotatable bonds is 7. The van der Waals surface area contributed by atoms with Crippen molar-refractivity contribution >= 4 is 50.2 Å². The number of aromatic nitrogens is 2. The maximum atomic E-state index is 12.5. The lowest BCUT2D eigenvalue weighted by atomic mass is 9.97. The molecule has 3 N–H and O–H groups in total. The van der Waals surface area contributed by atoms with Crippen LogP contribution < -0.4 is 15.8 Å². The summed E-state index contributed by atoms with van der Waals surface area (Å²) in [4.78, 5) is 21.2. The SMILES string of the molecule is COc1ccc2nc(NC(=O)CCSc3nc(N)c(C#N)c(-c4ccccc4)c3C#N)sc2c1. The van der Waals surface area contributed by atoms with Crippen molar-refractivity contribution in [3.8, 4) is 29.0 Å². The smallest absolute Gasteiger partial charge is 0.226 e. The zero-order valence-corrected chi connectivity index (χ0v) is 19.7. The van der Waals surface area contributed by atoms with Gasteiger partial charge >= 0.3 is 0 Å². The Hall–Kier alpha value is -4.12. The fourth-order valence-corrected chi connectivity index (χ4v) is 5.15. The molecule has 1 amide bonds. The number of amides is 1. The molecule has 0 unspecified atom stereocenters. The van der Waals surface area contributed by atoms with Crippen molar-refractivity contribution in [1.29, 1.82) is 10.5 Å². The maximum Gasteiger partial charge on any atom is 0.226 e. The molecule has 0 atom stereocenters. The number of thioether (sulfide) groups is 1. The Labute approximate surface area is 204 Å². The minimum Gasteiger partial charge on any atom is -0.497 e. The fourth-order valence-electron chi connectivity index (χ4n) is 3.30. The molecule has 2 aromatic carbocycles. The lowest BCUT2D eigenvalue weighted by Crippen LogP contribution is -2.12. The molecule has 0 saturated heterocycles. The third-order valence-corrected chi connectivity index (χ3v) is 6.80. The van der Waals surface area contributed by atoms with Crippen LogP contribution in [0.1, 0.15) is 17.5 Å². The van der Waals surface area contributed by atoms with E-state index in [-0.39, 0.29) is 29.3 Å². The molecular weight excluding hydrogens is 468 g/mol. The second kappa shape index (κ2) is 10.2. The van der Waals surface area contributed by atoms with Crippen LogP contribution in [0, 0.1) is 22.7 Å². The van der Waals surface area contributed by atoms with E-state index in [0.29, 0.717) is 27.0 Å². The van der Waals surface area contributed by atoms with E-state index in [1.807, 2.05) is 48.5 Å². The average Bonchev–Trinajstić information content (AvgIpc) is 3.25. The standard InChI is InChI=1S/C24H18N6O2S2/c1-32-15-7-8-18-19(11-15)34-24(28-18)29-20(31)9-10-33-23-17(13-26)21(14-5-3-2-4-6-14)16(12-25)22(27)30-23/h2-8,11H,9-10H2,1H3,(H2,27,30)(H,28,29,31). The van der Waals surface area contributed by atoms with E-state index in [1.54, 1.807) is 7.11 Å². The van der Waals surface area contributed by atoms with Gasteiger partial charge in [0.25, 0.3) is 0 Å². The first-order valence-corrected chi connectivity index (χ1v) is 11.9. The number of benzene rings is 2. The third kappa shape index (κ3) is 4.79. The number of nitriles is 2. The van der Waals surface area contributed by atoms with Crippen LogP contribution in [0.4, 0.5) is 10.9 Å². The number of nitrogen functional groups attached to an aromatic ring is 1. The Balaban J connectivity index is 1.48. The van der Waals surface area contributed by atoms with Crippen molar-refractivity contribution < 1.29 is 9.53 Å². The molecule has 10 heteroatoms. The Morgan fingerprint density at radius 2 is 1.91 bits per heavy atom. The van der Waals surface area contributed by atoms with Crippen LogP contribution in [-0.2, 0) is 4.79 Å². The highest BCUT2D eigenvalue weighted by Crippen LogP contribution is 2.36. The maximum absolute atomic E-state index is 12.5. The van der Waals surface area contributed by atoms with Gasteiger partial charge in [0.05, 0.1) is 22.9 Å². The normalized spacial score (nSPS) is 10.4. The molecule has 2 heterocycles. The molecule has 4 rings (SSSR count). The number of methoxy groups -OCH3 is 1. The number of ether oxygens (including phenoxy) is 1. The van der Waals surface area contributed by atoms with Gasteiger partial charge in [-0.3, -0.25) is 4.79 Å².